The average Bonchev–Trinajstić information content (AvgIpc) is 2.82. The van der Waals surface area contributed by atoms with Crippen molar-refractivity contribution in [3.05, 3.63) is 60.2 Å². The van der Waals surface area contributed by atoms with Gasteiger partial charge in [-0.15, -0.1) is 0 Å². The fourth-order valence-electron chi connectivity index (χ4n) is 4.34. The van der Waals surface area contributed by atoms with Gasteiger partial charge in [0.1, 0.15) is 18.1 Å². The molecular weight excluding hydrogens is 460 g/mol. The average molecular weight is 495 g/mol. The molecule has 0 radical (unpaired) electrons. The number of amides is 4. The van der Waals surface area contributed by atoms with E-state index in [0.29, 0.717) is 17.8 Å². The summed E-state index contributed by atoms with van der Waals surface area (Å²) in [5.74, 6) is -2.21. The van der Waals surface area contributed by atoms with Gasteiger partial charge < -0.3 is 21.1 Å². The van der Waals surface area contributed by atoms with E-state index in [1.807, 2.05) is 33.8 Å². The van der Waals surface area contributed by atoms with E-state index in [0.717, 1.165) is 5.56 Å². The molecular formula is C27H34N4O5. The second-order valence-corrected chi connectivity index (χ2v) is 9.79. The van der Waals surface area contributed by atoms with Crippen molar-refractivity contribution >= 4 is 35.2 Å². The van der Waals surface area contributed by atoms with Crippen molar-refractivity contribution in [1.29, 1.82) is 0 Å². The van der Waals surface area contributed by atoms with E-state index in [-0.39, 0.29) is 24.2 Å². The zero-order chi connectivity index (χ0) is 26.4. The van der Waals surface area contributed by atoms with Crippen molar-refractivity contribution in [2.75, 3.05) is 10.2 Å². The van der Waals surface area contributed by atoms with Crippen LogP contribution in [0.25, 0.3) is 0 Å². The number of benzene rings is 2. The van der Waals surface area contributed by atoms with Gasteiger partial charge in [0.15, 0.2) is 0 Å². The van der Waals surface area contributed by atoms with Crippen molar-refractivity contribution in [1.82, 2.24) is 10.6 Å². The van der Waals surface area contributed by atoms with Gasteiger partial charge in [0, 0.05) is 6.42 Å². The van der Waals surface area contributed by atoms with Crippen molar-refractivity contribution < 1.29 is 24.3 Å². The van der Waals surface area contributed by atoms with E-state index in [2.05, 4.69) is 16.0 Å². The van der Waals surface area contributed by atoms with Crippen LogP contribution in [0.2, 0.25) is 0 Å². The molecule has 2 aromatic rings. The number of fused-ring (bicyclic) bond motifs is 1. The lowest BCUT2D eigenvalue weighted by Crippen LogP contribution is -2.60. The number of hydrogen-bond donors (Lipinski definition) is 4. The number of nitrogens with zero attached hydrogens (tertiary/aromatic N) is 1. The number of urea groups is 1. The van der Waals surface area contributed by atoms with Crippen molar-refractivity contribution in [2.45, 2.75) is 58.7 Å². The highest BCUT2D eigenvalue weighted by Gasteiger charge is 2.40. The molecule has 4 amide bonds. The molecule has 4 N–H and O–H groups in total. The number of rotatable bonds is 9. The highest BCUT2D eigenvalue weighted by atomic mass is 16.4. The van der Waals surface area contributed by atoms with Crippen LogP contribution in [-0.4, -0.2) is 47.0 Å². The molecule has 0 bridgehead atoms. The van der Waals surface area contributed by atoms with Crippen LogP contribution in [0.4, 0.5) is 16.2 Å². The van der Waals surface area contributed by atoms with Crippen LogP contribution in [0.3, 0.4) is 0 Å². The van der Waals surface area contributed by atoms with Gasteiger partial charge in [0.25, 0.3) is 0 Å². The second-order valence-electron chi connectivity index (χ2n) is 9.79. The number of hydrogen-bond acceptors (Lipinski definition) is 4. The summed E-state index contributed by atoms with van der Waals surface area (Å²) in [6.45, 7) is 7.51. The molecule has 0 aromatic heterocycles. The Kier molecular flexibility index (Phi) is 8.68. The molecule has 0 saturated heterocycles. The van der Waals surface area contributed by atoms with Crippen molar-refractivity contribution in [3.63, 3.8) is 0 Å². The Balaban J connectivity index is 1.84. The molecule has 9 heteroatoms. The summed E-state index contributed by atoms with van der Waals surface area (Å²) in [6.07, 6.45) is 0.405. The Morgan fingerprint density at radius 1 is 0.944 bits per heavy atom. The first-order chi connectivity index (χ1) is 17.1. The van der Waals surface area contributed by atoms with E-state index >= 15 is 0 Å². The number of carboxylic acids is 1. The third-order valence-corrected chi connectivity index (χ3v) is 6.04. The molecule has 0 spiro atoms. The first kappa shape index (κ1) is 26.7. The Labute approximate surface area is 211 Å². The van der Waals surface area contributed by atoms with Gasteiger partial charge in [0.2, 0.25) is 11.8 Å². The number of carbonyl (C=O) groups excluding carboxylic acids is 3. The number of anilines is 2. The maximum atomic E-state index is 13.6. The fraction of sp³-hybridized carbons (Fsp3) is 0.407. The van der Waals surface area contributed by atoms with Gasteiger partial charge in [0.05, 0.1) is 11.4 Å². The van der Waals surface area contributed by atoms with Crippen molar-refractivity contribution in [2.24, 2.45) is 11.8 Å². The first-order valence-electron chi connectivity index (χ1n) is 12.1. The lowest BCUT2D eigenvalue weighted by atomic mass is 9.97. The molecule has 0 fully saturated rings. The van der Waals surface area contributed by atoms with Crippen LogP contribution in [0.15, 0.2) is 54.6 Å². The van der Waals surface area contributed by atoms with Crippen molar-refractivity contribution in [3.8, 4) is 0 Å². The van der Waals surface area contributed by atoms with Gasteiger partial charge in [-0.3, -0.25) is 14.5 Å². The van der Waals surface area contributed by atoms with Gasteiger partial charge in [-0.1, -0.05) is 70.2 Å². The van der Waals surface area contributed by atoms with Gasteiger partial charge in [-0.25, -0.2) is 9.59 Å². The van der Waals surface area contributed by atoms with Crippen LogP contribution >= 0.6 is 0 Å². The molecule has 0 unspecified atom stereocenters. The summed E-state index contributed by atoms with van der Waals surface area (Å²) in [6, 6.07) is 12.5. The third-order valence-electron chi connectivity index (χ3n) is 6.04. The lowest BCUT2D eigenvalue weighted by molar-refractivity contribution is -0.142. The van der Waals surface area contributed by atoms with Crippen LogP contribution in [0.5, 0.6) is 0 Å². The van der Waals surface area contributed by atoms with Crippen LogP contribution in [0, 0.1) is 11.8 Å². The van der Waals surface area contributed by atoms with Crippen LogP contribution in [-0.2, 0) is 20.8 Å². The largest absolute Gasteiger partial charge is 0.480 e. The third kappa shape index (κ3) is 6.41. The zero-order valence-electron chi connectivity index (χ0n) is 21.0. The second kappa shape index (κ2) is 11.7. The quantitative estimate of drug-likeness (QED) is 0.425. The highest BCUT2D eigenvalue weighted by molar-refractivity contribution is 6.12. The molecule has 2 aromatic carbocycles. The molecule has 1 aliphatic rings. The molecule has 3 rings (SSSR count). The maximum absolute atomic E-state index is 13.6. The predicted octanol–water partition coefficient (Wildman–Crippen LogP) is 3.41. The molecule has 36 heavy (non-hydrogen) atoms. The molecule has 192 valence electrons. The first-order valence-corrected chi connectivity index (χ1v) is 12.1. The molecule has 3 atom stereocenters. The summed E-state index contributed by atoms with van der Waals surface area (Å²) in [4.78, 5) is 52.9. The predicted molar refractivity (Wildman–Crippen MR) is 138 cm³/mol. The highest BCUT2D eigenvalue weighted by Crippen LogP contribution is 2.34. The Bertz CT molecular complexity index is 1100. The summed E-state index contributed by atoms with van der Waals surface area (Å²) in [7, 11) is 0. The number of aliphatic carboxylic acids is 1. The zero-order valence-corrected chi connectivity index (χ0v) is 21.0. The number of nitrogens with one attached hydrogen (secondary N) is 3. The minimum atomic E-state index is -1.16. The Hall–Kier alpha value is -3.88. The molecule has 0 aliphatic carbocycles. The Morgan fingerprint density at radius 3 is 2.19 bits per heavy atom. The number of para-hydroxylation sites is 2. The molecule has 0 saturated carbocycles. The Morgan fingerprint density at radius 2 is 1.58 bits per heavy atom. The topological polar surface area (TPSA) is 128 Å². The van der Waals surface area contributed by atoms with Crippen LogP contribution < -0.4 is 20.9 Å². The van der Waals surface area contributed by atoms with Gasteiger partial charge in [-0.2, -0.15) is 0 Å². The van der Waals surface area contributed by atoms with Gasteiger partial charge >= 0.3 is 12.0 Å². The number of carboxylic acid groups (broad SMARTS) is 1. The standard InChI is InChI=1S/C27H34N4O5/c1-16(2)14-20(24(32)29-21(26(34)35)15-18-10-6-5-7-11-18)30-27(36)31-22-13-9-8-12-19(22)28-25(33)23(31)17(3)4/h5-13,16-17,20-21,23H,14-15H2,1-4H3,(H,28,33)(H,29,32)(H,30,36)(H,34,35)/t20-,21-,23+/m0/s1. The number of carbonyl (C=O) groups is 4. The van der Waals surface area contributed by atoms with Gasteiger partial charge in [-0.05, 0) is 36.0 Å². The lowest BCUT2D eigenvalue weighted by Gasteiger charge is -2.39. The summed E-state index contributed by atoms with van der Waals surface area (Å²) < 4.78 is 0. The summed E-state index contributed by atoms with van der Waals surface area (Å²) in [5, 5.41) is 17.9. The molecule has 1 heterocycles. The van der Waals surface area contributed by atoms with E-state index in [4.69, 9.17) is 0 Å². The monoisotopic (exact) mass is 494 g/mol. The molecule has 9 nitrogen and oxygen atoms in total. The SMILES string of the molecule is CC(C)C[C@H](NC(=O)N1c2ccccc2NC(=O)[C@H]1C(C)C)C(=O)N[C@@H](Cc1ccccc1)C(=O)O. The van der Waals surface area contributed by atoms with E-state index in [1.165, 1.54) is 4.90 Å². The normalized spacial score (nSPS) is 16.7. The fourth-order valence-corrected chi connectivity index (χ4v) is 4.34. The van der Waals surface area contributed by atoms with E-state index in [1.54, 1.807) is 48.5 Å². The van der Waals surface area contributed by atoms with E-state index < -0.39 is 36.0 Å². The maximum Gasteiger partial charge on any atom is 0.326 e. The minimum absolute atomic E-state index is 0.0382. The summed E-state index contributed by atoms with van der Waals surface area (Å²) in [5.41, 5.74) is 1.81. The molecule has 1 aliphatic heterocycles. The van der Waals surface area contributed by atoms with Crippen LogP contribution in [0.1, 0.15) is 39.7 Å². The summed E-state index contributed by atoms with van der Waals surface area (Å²) >= 11 is 0. The minimum Gasteiger partial charge on any atom is -0.480 e. The smallest absolute Gasteiger partial charge is 0.326 e. The van der Waals surface area contributed by atoms with E-state index in [9.17, 15) is 24.3 Å².